The van der Waals surface area contributed by atoms with Crippen molar-refractivity contribution in [2.45, 2.75) is 51.2 Å². The largest absolute Gasteiger partial charge is 0.326 e. The minimum Gasteiger partial charge on any atom is -0.326 e. The van der Waals surface area contributed by atoms with Gasteiger partial charge in [0.1, 0.15) is 10.7 Å². The van der Waals surface area contributed by atoms with Crippen molar-refractivity contribution in [1.82, 2.24) is 9.97 Å². The number of aromatic nitrogens is 2. The highest BCUT2D eigenvalue weighted by Gasteiger charge is 2.19. The van der Waals surface area contributed by atoms with Gasteiger partial charge in [0.2, 0.25) is 5.91 Å². The fraction of sp³-hybridized carbons (Fsp3) is 0.409. The number of nitrogens with zero attached hydrogens (tertiary/aromatic N) is 1. The van der Waals surface area contributed by atoms with E-state index in [9.17, 15) is 9.59 Å². The van der Waals surface area contributed by atoms with E-state index < -0.39 is 0 Å². The number of benzene rings is 1. The fourth-order valence-electron chi connectivity index (χ4n) is 3.70. The van der Waals surface area contributed by atoms with E-state index in [-0.39, 0.29) is 11.5 Å². The van der Waals surface area contributed by atoms with Gasteiger partial charge in [0.25, 0.3) is 5.56 Å². The van der Waals surface area contributed by atoms with Crippen LogP contribution in [0.2, 0.25) is 0 Å². The number of rotatable bonds is 7. The summed E-state index contributed by atoms with van der Waals surface area (Å²) >= 11 is 3.29. The average Bonchev–Trinajstić information content (AvgIpc) is 3.10. The third-order valence-corrected chi connectivity index (χ3v) is 7.36. The number of hydrogen-bond acceptors (Lipinski definition) is 5. The first-order chi connectivity index (χ1) is 14.1. The monoisotopic (exact) mass is 427 g/mol. The molecular weight excluding hydrogens is 402 g/mol. The molecular formula is C22H25N3O2S2. The van der Waals surface area contributed by atoms with Gasteiger partial charge in [0.05, 0.1) is 11.1 Å². The van der Waals surface area contributed by atoms with Crippen LogP contribution in [-0.4, -0.2) is 21.6 Å². The summed E-state index contributed by atoms with van der Waals surface area (Å²) in [6.45, 7) is 2.10. The molecule has 4 rings (SSSR count). The maximum Gasteiger partial charge on any atom is 0.259 e. The van der Waals surface area contributed by atoms with E-state index in [4.69, 9.17) is 0 Å². The van der Waals surface area contributed by atoms with Crippen molar-refractivity contribution in [3.8, 4) is 0 Å². The van der Waals surface area contributed by atoms with Crippen LogP contribution in [0.3, 0.4) is 0 Å². The molecule has 2 heterocycles. The summed E-state index contributed by atoms with van der Waals surface area (Å²) in [5.74, 6) is 1.99. The normalized spacial score (nSPS) is 13.4. The Morgan fingerprint density at radius 3 is 3.03 bits per heavy atom. The van der Waals surface area contributed by atoms with Crippen LogP contribution in [0.25, 0.3) is 10.2 Å². The number of fused-ring (bicyclic) bond motifs is 3. The minimum absolute atomic E-state index is 0.00795. The third kappa shape index (κ3) is 4.73. The van der Waals surface area contributed by atoms with Crippen LogP contribution in [0.1, 0.15) is 48.0 Å². The van der Waals surface area contributed by atoms with Crippen molar-refractivity contribution in [2.24, 2.45) is 0 Å². The fourth-order valence-corrected chi connectivity index (χ4v) is 5.79. The third-order valence-electron chi connectivity index (χ3n) is 5.21. The molecule has 5 nitrogen and oxygen atoms in total. The number of amides is 1. The van der Waals surface area contributed by atoms with E-state index in [1.807, 2.05) is 18.2 Å². The average molecular weight is 428 g/mol. The summed E-state index contributed by atoms with van der Waals surface area (Å²) in [4.78, 5) is 34.6. The van der Waals surface area contributed by atoms with Crippen LogP contribution < -0.4 is 10.9 Å². The van der Waals surface area contributed by atoms with Gasteiger partial charge >= 0.3 is 0 Å². The van der Waals surface area contributed by atoms with Gasteiger partial charge in [-0.2, -0.15) is 11.8 Å². The van der Waals surface area contributed by atoms with E-state index in [1.54, 1.807) is 23.1 Å². The van der Waals surface area contributed by atoms with Crippen LogP contribution in [0.5, 0.6) is 0 Å². The van der Waals surface area contributed by atoms with E-state index in [1.165, 1.54) is 22.4 Å². The number of aryl methyl sites for hydroxylation is 3. The van der Waals surface area contributed by atoms with Crippen LogP contribution >= 0.6 is 23.1 Å². The van der Waals surface area contributed by atoms with Gasteiger partial charge in [-0.05, 0) is 55.4 Å². The number of carbonyl (C=O) groups excluding carboxylic acids is 1. The molecule has 0 atom stereocenters. The van der Waals surface area contributed by atoms with Crippen LogP contribution in [0, 0.1) is 0 Å². The molecule has 2 N–H and O–H groups in total. The molecule has 0 radical (unpaired) electrons. The SMILES string of the molecule is CCc1cccc(NC(=O)CCSCc2nc3sc4c(c3c(=O)[nH]2)CCCC4)c1. The van der Waals surface area contributed by atoms with Crippen molar-refractivity contribution in [1.29, 1.82) is 0 Å². The van der Waals surface area contributed by atoms with Crippen molar-refractivity contribution < 1.29 is 4.79 Å². The molecule has 1 aliphatic carbocycles. The molecule has 0 unspecified atom stereocenters. The van der Waals surface area contributed by atoms with E-state index in [2.05, 4.69) is 28.3 Å². The standard InChI is InChI=1S/C22H25N3O2S2/c1-2-14-6-5-7-15(12-14)23-19(26)10-11-28-13-18-24-21(27)20-16-8-3-4-9-17(16)29-22(20)25-18/h5-7,12H,2-4,8-11,13H2,1H3,(H,23,26)(H,24,25,27). The van der Waals surface area contributed by atoms with E-state index in [0.717, 1.165) is 41.6 Å². The molecule has 29 heavy (non-hydrogen) atoms. The molecule has 2 aromatic heterocycles. The Labute approximate surface area is 178 Å². The van der Waals surface area contributed by atoms with Gasteiger partial charge in [-0.15, -0.1) is 11.3 Å². The molecule has 0 saturated carbocycles. The van der Waals surface area contributed by atoms with E-state index in [0.29, 0.717) is 23.8 Å². The predicted molar refractivity (Wildman–Crippen MR) is 122 cm³/mol. The molecule has 3 aromatic rings. The van der Waals surface area contributed by atoms with Crippen molar-refractivity contribution in [3.63, 3.8) is 0 Å². The molecule has 1 amide bonds. The molecule has 0 saturated heterocycles. The number of nitrogens with one attached hydrogen (secondary N) is 2. The van der Waals surface area contributed by atoms with Gasteiger partial charge in [-0.3, -0.25) is 9.59 Å². The highest BCUT2D eigenvalue weighted by atomic mass is 32.2. The van der Waals surface area contributed by atoms with Crippen molar-refractivity contribution >= 4 is 44.9 Å². The number of thiophene rings is 1. The lowest BCUT2D eigenvalue weighted by Crippen LogP contribution is -2.13. The molecule has 0 spiro atoms. The second-order valence-corrected chi connectivity index (χ2v) is 9.50. The van der Waals surface area contributed by atoms with Gasteiger partial charge in [-0.1, -0.05) is 19.1 Å². The van der Waals surface area contributed by atoms with Crippen molar-refractivity contribution in [2.75, 3.05) is 11.1 Å². The summed E-state index contributed by atoms with van der Waals surface area (Å²) in [5, 5.41) is 3.75. The zero-order chi connectivity index (χ0) is 20.2. The lowest BCUT2D eigenvalue weighted by Gasteiger charge is -2.09. The summed E-state index contributed by atoms with van der Waals surface area (Å²) in [6, 6.07) is 7.94. The van der Waals surface area contributed by atoms with Gasteiger partial charge in [0.15, 0.2) is 0 Å². The van der Waals surface area contributed by atoms with Crippen LogP contribution in [0.4, 0.5) is 5.69 Å². The number of anilines is 1. The summed E-state index contributed by atoms with van der Waals surface area (Å²) in [5.41, 5.74) is 3.25. The Kier molecular flexibility index (Phi) is 6.35. The molecule has 0 fully saturated rings. The highest BCUT2D eigenvalue weighted by molar-refractivity contribution is 7.98. The topological polar surface area (TPSA) is 74.8 Å². The first-order valence-corrected chi connectivity index (χ1v) is 12.1. The lowest BCUT2D eigenvalue weighted by molar-refractivity contribution is -0.115. The smallest absolute Gasteiger partial charge is 0.259 e. The molecule has 0 bridgehead atoms. The lowest BCUT2D eigenvalue weighted by atomic mass is 9.97. The van der Waals surface area contributed by atoms with Gasteiger partial charge < -0.3 is 10.3 Å². The van der Waals surface area contributed by atoms with Gasteiger partial charge in [0, 0.05) is 22.7 Å². The number of carbonyl (C=O) groups is 1. The minimum atomic E-state index is -0.0152. The molecule has 1 aliphatic rings. The number of H-pyrrole nitrogens is 1. The quantitative estimate of drug-likeness (QED) is 0.537. The molecule has 1 aromatic carbocycles. The maximum absolute atomic E-state index is 12.6. The Balaban J connectivity index is 1.32. The summed E-state index contributed by atoms with van der Waals surface area (Å²) < 4.78 is 0. The summed E-state index contributed by atoms with van der Waals surface area (Å²) in [7, 11) is 0. The van der Waals surface area contributed by atoms with E-state index >= 15 is 0 Å². The number of aromatic amines is 1. The first-order valence-electron chi connectivity index (χ1n) is 10.1. The zero-order valence-electron chi connectivity index (χ0n) is 16.5. The summed E-state index contributed by atoms with van der Waals surface area (Å²) in [6.07, 6.45) is 5.79. The number of hydrogen-bond donors (Lipinski definition) is 2. The molecule has 7 heteroatoms. The highest BCUT2D eigenvalue weighted by Crippen LogP contribution is 2.33. The Morgan fingerprint density at radius 2 is 2.17 bits per heavy atom. The van der Waals surface area contributed by atoms with Crippen LogP contribution in [0.15, 0.2) is 29.1 Å². The first kappa shape index (κ1) is 20.2. The number of thioether (sulfide) groups is 1. The van der Waals surface area contributed by atoms with Gasteiger partial charge in [-0.25, -0.2) is 4.98 Å². The second kappa shape index (κ2) is 9.13. The second-order valence-electron chi connectivity index (χ2n) is 7.31. The molecule has 152 valence electrons. The Bertz CT molecular complexity index is 1090. The van der Waals surface area contributed by atoms with Crippen LogP contribution in [-0.2, 0) is 29.8 Å². The predicted octanol–water partition coefficient (Wildman–Crippen LogP) is 4.69. The Morgan fingerprint density at radius 1 is 1.31 bits per heavy atom. The van der Waals surface area contributed by atoms with Crippen molar-refractivity contribution in [3.05, 3.63) is 56.4 Å². The zero-order valence-corrected chi connectivity index (χ0v) is 18.2. The molecule has 0 aliphatic heterocycles. The Hall–Kier alpha value is -2.12. The maximum atomic E-state index is 12.6.